The molecule has 1 heterocycles. The Labute approximate surface area is 194 Å². The smallest absolute Gasteiger partial charge is 0.243 e. The minimum absolute atomic E-state index is 0.0944. The van der Waals surface area contributed by atoms with Gasteiger partial charge in [-0.05, 0) is 79.8 Å². The summed E-state index contributed by atoms with van der Waals surface area (Å²) in [6.45, 7) is 9.12. The molecule has 4 nitrogen and oxygen atoms in total. The number of fused-ring (bicyclic) bond motifs is 1. The van der Waals surface area contributed by atoms with Gasteiger partial charge in [0.15, 0.2) is 0 Å². The number of anilines is 1. The predicted octanol–water partition coefficient (Wildman–Crippen LogP) is 5.79. The van der Waals surface area contributed by atoms with Crippen molar-refractivity contribution in [2.24, 2.45) is 5.92 Å². The van der Waals surface area contributed by atoms with Crippen LogP contribution in [0.4, 0.5) is 5.69 Å². The van der Waals surface area contributed by atoms with E-state index in [1.165, 1.54) is 11.3 Å². The zero-order chi connectivity index (χ0) is 22.7. The minimum Gasteiger partial charge on any atom is -0.372 e. The summed E-state index contributed by atoms with van der Waals surface area (Å²) in [4.78, 5) is 2.87. The second-order valence-electron chi connectivity index (χ2n) is 9.88. The van der Waals surface area contributed by atoms with Crippen LogP contribution in [0.3, 0.4) is 0 Å². The molecule has 32 heavy (non-hydrogen) atoms. The van der Waals surface area contributed by atoms with Gasteiger partial charge in [-0.2, -0.15) is 4.31 Å². The summed E-state index contributed by atoms with van der Waals surface area (Å²) in [6, 6.07) is 14.3. The molecule has 2 aliphatic rings. The second-order valence-corrected chi connectivity index (χ2v) is 11.8. The molecule has 4 rings (SSSR count). The first-order valence-corrected chi connectivity index (χ1v) is 13.8. The van der Waals surface area contributed by atoms with E-state index in [9.17, 15) is 8.42 Å². The maximum Gasteiger partial charge on any atom is 0.243 e. The standard InChI is InChI=1S/C27H38N2O2S/c1-4-28-16-8-10-24-18-23(14-15-27(24)28)20-29(25-11-5-6-12-25)32(30,31)26-13-7-9-22(19-26)17-21(2)3/h7,9,13-15,18-19,21,25H,4-6,8,10-12,16-17,20H2,1-3H3. The van der Waals surface area contributed by atoms with Gasteiger partial charge in [-0.1, -0.05) is 51.0 Å². The van der Waals surface area contributed by atoms with E-state index in [0.717, 1.165) is 69.2 Å². The Morgan fingerprint density at radius 1 is 1.03 bits per heavy atom. The van der Waals surface area contributed by atoms with Crippen LogP contribution in [-0.4, -0.2) is 31.9 Å². The Kier molecular flexibility index (Phi) is 7.26. The highest BCUT2D eigenvalue weighted by molar-refractivity contribution is 7.89. The molecule has 0 N–H and O–H groups in total. The van der Waals surface area contributed by atoms with Gasteiger partial charge in [0.2, 0.25) is 10.0 Å². The second kappa shape index (κ2) is 9.96. The predicted molar refractivity (Wildman–Crippen MR) is 133 cm³/mol. The maximum atomic E-state index is 13.9. The van der Waals surface area contributed by atoms with Crippen molar-refractivity contribution in [2.45, 2.75) is 83.2 Å². The van der Waals surface area contributed by atoms with Gasteiger partial charge >= 0.3 is 0 Å². The molecule has 0 bridgehead atoms. The van der Waals surface area contributed by atoms with Crippen molar-refractivity contribution in [1.82, 2.24) is 4.31 Å². The normalized spacial score (nSPS) is 17.3. The van der Waals surface area contributed by atoms with Crippen LogP contribution in [0.15, 0.2) is 47.4 Å². The van der Waals surface area contributed by atoms with E-state index in [1.54, 1.807) is 10.4 Å². The van der Waals surface area contributed by atoms with Crippen LogP contribution in [0.1, 0.15) is 69.6 Å². The van der Waals surface area contributed by atoms with Gasteiger partial charge in [0.25, 0.3) is 0 Å². The fourth-order valence-electron chi connectivity index (χ4n) is 5.38. The largest absolute Gasteiger partial charge is 0.372 e. The fourth-order valence-corrected chi connectivity index (χ4v) is 7.12. The summed E-state index contributed by atoms with van der Waals surface area (Å²) in [5, 5.41) is 0. The summed E-state index contributed by atoms with van der Waals surface area (Å²) in [7, 11) is -3.55. The molecule has 0 amide bonds. The van der Waals surface area contributed by atoms with Crippen molar-refractivity contribution in [3.05, 3.63) is 59.2 Å². The van der Waals surface area contributed by atoms with Gasteiger partial charge in [0.1, 0.15) is 0 Å². The first kappa shape index (κ1) is 23.3. The minimum atomic E-state index is -3.55. The van der Waals surface area contributed by atoms with E-state index >= 15 is 0 Å². The topological polar surface area (TPSA) is 40.6 Å². The molecule has 2 aromatic carbocycles. The van der Waals surface area contributed by atoms with E-state index in [2.05, 4.69) is 43.9 Å². The van der Waals surface area contributed by atoms with Crippen LogP contribution in [-0.2, 0) is 29.4 Å². The number of sulfonamides is 1. The third-order valence-corrected chi connectivity index (χ3v) is 8.85. The monoisotopic (exact) mass is 454 g/mol. The van der Waals surface area contributed by atoms with Gasteiger partial charge in [0, 0.05) is 31.4 Å². The zero-order valence-corrected chi connectivity index (χ0v) is 20.7. The Bertz CT molecular complexity index is 1030. The van der Waals surface area contributed by atoms with Crippen LogP contribution in [0.25, 0.3) is 0 Å². The summed E-state index contributed by atoms with van der Waals surface area (Å²) in [5.41, 5.74) is 4.88. The number of hydrogen-bond acceptors (Lipinski definition) is 3. The molecule has 5 heteroatoms. The van der Waals surface area contributed by atoms with Crippen molar-refractivity contribution >= 4 is 15.7 Å². The number of hydrogen-bond donors (Lipinski definition) is 0. The first-order chi connectivity index (χ1) is 15.4. The highest BCUT2D eigenvalue weighted by Gasteiger charge is 2.33. The summed E-state index contributed by atoms with van der Waals surface area (Å²) in [6.07, 6.45) is 7.27. The van der Waals surface area contributed by atoms with E-state index in [4.69, 9.17) is 0 Å². The fraction of sp³-hybridized carbons (Fsp3) is 0.556. The maximum absolute atomic E-state index is 13.9. The van der Waals surface area contributed by atoms with E-state index < -0.39 is 10.0 Å². The molecule has 0 saturated heterocycles. The van der Waals surface area contributed by atoms with Crippen LogP contribution in [0.5, 0.6) is 0 Å². The highest BCUT2D eigenvalue weighted by Crippen LogP contribution is 2.33. The first-order valence-electron chi connectivity index (χ1n) is 12.4. The van der Waals surface area contributed by atoms with E-state index in [1.807, 2.05) is 18.2 Å². The lowest BCUT2D eigenvalue weighted by atomic mass is 9.99. The molecule has 1 aliphatic heterocycles. The van der Waals surface area contributed by atoms with E-state index in [-0.39, 0.29) is 6.04 Å². The molecule has 1 aliphatic carbocycles. The SMILES string of the molecule is CCN1CCCc2cc(CN(C3CCCC3)S(=O)(=O)c3cccc(CC(C)C)c3)ccc21. The Balaban J connectivity index is 1.65. The molecular weight excluding hydrogens is 416 g/mol. The van der Waals surface area contributed by atoms with Gasteiger partial charge < -0.3 is 4.90 Å². The van der Waals surface area contributed by atoms with Crippen molar-refractivity contribution in [2.75, 3.05) is 18.0 Å². The molecule has 0 aromatic heterocycles. The van der Waals surface area contributed by atoms with Crippen LogP contribution >= 0.6 is 0 Å². The van der Waals surface area contributed by atoms with Gasteiger partial charge in [0.05, 0.1) is 4.90 Å². The molecule has 2 aromatic rings. The Morgan fingerprint density at radius 2 is 1.81 bits per heavy atom. The zero-order valence-electron chi connectivity index (χ0n) is 19.9. The highest BCUT2D eigenvalue weighted by atomic mass is 32.2. The van der Waals surface area contributed by atoms with E-state index in [0.29, 0.717) is 17.4 Å². The molecule has 1 fully saturated rings. The lowest BCUT2D eigenvalue weighted by Gasteiger charge is -2.32. The summed E-state index contributed by atoms with van der Waals surface area (Å²) >= 11 is 0. The quantitative estimate of drug-likeness (QED) is 0.507. The number of rotatable bonds is 8. The Morgan fingerprint density at radius 3 is 2.53 bits per heavy atom. The number of nitrogens with zero attached hydrogens (tertiary/aromatic N) is 2. The number of benzene rings is 2. The summed E-state index contributed by atoms with van der Waals surface area (Å²) < 4.78 is 29.5. The van der Waals surface area contributed by atoms with Crippen molar-refractivity contribution in [1.29, 1.82) is 0 Å². The van der Waals surface area contributed by atoms with Crippen LogP contribution < -0.4 is 4.90 Å². The third kappa shape index (κ3) is 5.04. The molecule has 0 unspecified atom stereocenters. The van der Waals surface area contributed by atoms with Gasteiger partial charge in [-0.3, -0.25) is 0 Å². The lowest BCUT2D eigenvalue weighted by molar-refractivity contribution is 0.316. The molecule has 0 atom stereocenters. The third-order valence-electron chi connectivity index (χ3n) is 6.96. The van der Waals surface area contributed by atoms with Crippen LogP contribution in [0.2, 0.25) is 0 Å². The molecular formula is C27H38N2O2S. The Hall–Kier alpha value is -1.85. The summed E-state index contributed by atoms with van der Waals surface area (Å²) in [5.74, 6) is 0.497. The van der Waals surface area contributed by atoms with Crippen molar-refractivity contribution in [3.63, 3.8) is 0 Å². The van der Waals surface area contributed by atoms with Gasteiger partial charge in [-0.25, -0.2) is 8.42 Å². The average Bonchev–Trinajstić information content (AvgIpc) is 3.31. The molecule has 1 saturated carbocycles. The molecule has 0 spiro atoms. The lowest BCUT2D eigenvalue weighted by Crippen LogP contribution is -2.38. The molecule has 174 valence electrons. The molecule has 0 radical (unpaired) electrons. The van der Waals surface area contributed by atoms with Crippen molar-refractivity contribution < 1.29 is 8.42 Å². The average molecular weight is 455 g/mol. The van der Waals surface area contributed by atoms with Gasteiger partial charge in [-0.15, -0.1) is 0 Å². The van der Waals surface area contributed by atoms with Crippen LogP contribution in [0, 0.1) is 5.92 Å². The van der Waals surface area contributed by atoms with Crippen molar-refractivity contribution in [3.8, 4) is 0 Å². The number of aryl methyl sites for hydroxylation is 1.